The van der Waals surface area contributed by atoms with Crippen LogP contribution in [-0.4, -0.2) is 32.6 Å². The second-order valence-electron chi connectivity index (χ2n) is 5.62. The van der Waals surface area contributed by atoms with Gasteiger partial charge in [0, 0.05) is 20.1 Å². The highest BCUT2D eigenvalue weighted by atomic mass is 35.5. The van der Waals surface area contributed by atoms with Crippen LogP contribution in [0.15, 0.2) is 18.2 Å². The molecule has 0 aliphatic heterocycles. The third kappa shape index (κ3) is 6.36. The smallest absolute Gasteiger partial charge is 0.239 e. The Morgan fingerprint density at radius 2 is 2.10 bits per heavy atom. The lowest BCUT2D eigenvalue weighted by molar-refractivity contribution is -0.119. The van der Waals surface area contributed by atoms with Crippen LogP contribution < -0.4 is 15.5 Å². The van der Waals surface area contributed by atoms with E-state index in [9.17, 15) is 4.79 Å². The molecule has 0 saturated carbocycles. The highest BCUT2D eigenvalue weighted by Crippen LogP contribution is 2.25. The SMILES string of the molecule is CCNCc1ccc(N(C)CC(=O)NCC(C)C)c(Cl)c1. The minimum absolute atomic E-state index is 0.0130. The van der Waals surface area contributed by atoms with Gasteiger partial charge in [-0.25, -0.2) is 0 Å². The normalized spacial score (nSPS) is 10.8. The van der Waals surface area contributed by atoms with Crippen molar-refractivity contribution in [1.82, 2.24) is 10.6 Å². The average Bonchev–Trinajstić information content (AvgIpc) is 2.42. The van der Waals surface area contributed by atoms with Gasteiger partial charge in [0.05, 0.1) is 17.3 Å². The van der Waals surface area contributed by atoms with Gasteiger partial charge in [0.2, 0.25) is 5.91 Å². The maximum atomic E-state index is 11.8. The molecule has 1 rings (SSSR count). The zero-order valence-corrected chi connectivity index (χ0v) is 14.1. The van der Waals surface area contributed by atoms with Gasteiger partial charge in [-0.05, 0) is 30.2 Å². The monoisotopic (exact) mass is 311 g/mol. The molecule has 0 aliphatic rings. The third-order valence-corrected chi connectivity index (χ3v) is 3.39. The maximum absolute atomic E-state index is 11.8. The highest BCUT2D eigenvalue weighted by Gasteiger charge is 2.11. The number of halogens is 1. The van der Waals surface area contributed by atoms with Crippen LogP contribution in [0.5, 0.6) is 0 Å². The second-order valence-corrected chi connectivity index (χ2v) is 6.03. The van der Waals surface area contributed by atoms with Crippen molar-refractivity contribution in [2.45, 2.75) is 27.3 Å². The first-order chi connectivity index (χ1) is 9.93. The van der Waals surface area contributed by atoms with Crippen molar-refractivity contribution in [3.8, 4) is 0 Å². The summed E-state index contributed by atoms with van der Waals surface area (Å²) in [7, 11) is 1.88. The van der Waals surface area contributed by atoms with E-state index in [1.807, 2.05) is 30.1 Å². The maximum Gasteiger partial charge on any atom is 0.239 e. The minimum atomic E-state index is 0.0130. The summed E-state index contributed by atoms with van der Waals surface area (Å²) < 4.78 is 0. The molecule has 5 heteroatoms. The van der Waals surface area contributed by atoms with Gasteiger partial charge >= 0.3 is 0 Å². The predicted octanol–water partition coefficient (Wildman–Crippen LogP) is 2.66. The molecule has 0 bridgehead atoms. The molecule has 0 unspecified atom stereocenters. The Hall–Kier alpha value is -1.26. The molecule has 0 aliphatic carbocycles. The number of nitrogens with one attached hydrogen (secondary N) is 2. The number of nitrogens with zero attached hydrogens (tertiary/aromatic N) is 1. The summed E-state index contributed by atoms with van der Waals surface area (Å²) in [5.74, 6) is 0.465. The van der Waals surface area contributed by atoms with E-state index < -0.39 is 0 Å². The largest absolute Gasteiger partial charge is 0.364 e. The van der Waals surface area contributed by atoms with E-state index in [0.717, 1.165) is 24.3 Å². The van der Waals surface area contributed by atoms with Crippen LogP contribution in [-0.2, 0) is 11.3 Å². The van der Waals surface area contributed by atoms with E-state index in [1.54, 1.807) is 0 Å². The van der Waals surface area contributed by atoms with Crippen molar-refractivity contribution in [2.75, 3.05) is 31.6 Å². The number of amides is 1. The molecule has 0 heterocycles. The van der Waals surface area contributed by atoms with Crippen LogP contribution in [0.25, 0.3) is 0 Å². The van der Waals surface area contributed by atoms with E-state index in [-0.39, 0.29) is 5.91 Å². The average molecular weight is 312 g/mol. The first-order valence-electron chi connectivity index (χ1n) is 7.41. The Morgan fingerprint density at radius 3 is 2.67 bits per heavy atom. The van der Waals surface area contributed by atoms with Crippen LogP contribution in [0.4, 0.5) is 5.69 Å². The molecule has 1 amide bonds. The molecule has 1 aromatic rings. The first kappa shape index (κ1) is 17.8. The molecule has 118 valence electrons. The molecule has 0 atom stereocenters. The summed E-state index contributed by atoms with van der Waals surface area (Å²) in [6.45, 7) is 8.94. The summed E-state index contributed by atoms with van der Waals surface area (Å²) in [5.41, 5.74) is 2.01. The summed E-state index contributed by atoms with van der Waals surface area (Å²) in [6.07, 6.45) is 0. The van der Waals surface area contributed by atoms with Crippen molar-refractivity contribution in [2.24, 2.45) is 5.92 Å². The van der Waals surface area contributed by atoms with Crippen LogP contribution >= 0.6 is 11.6 Å². The van der Waals surface area contributed by atoms with Crippen LogP contribution in [0, 0.1) is 5.92 Å². The van der Waals surface area contributed by atoms with Crippen LogP contribution in [0.2, 0.25) is 5.02 Å². The Balaban J connectivity index is 2.61. The van der Waals surface area contributed by atoms with Crippen molar-refractivity contribution in [3.63, 3.8) is 0 Å². The fourth-order valence-corrected chi connectivity index (χ4v) is 2.26. The zero-order valence-electron chi connectivity index (χ0n) is 13.4. The number of benzene rings is 1. The lowest BCUT2D eigenvalue weighted by atomic mass is 10.2. The number of carbonyl (C=O) groups is 1. The fraction of sp³-hybridized carbons (Fsp3) is 0.562. The molecule has 0 aromatic heterocycles. The lowest BCUT2D eigenvalue weighted by Crippen LogP contribution is -2.36. The van der Waals surface area contributed by atoms with Gasteiger partial charge in [-0.1, -0.05) is 38.4 Å². The van der Waals surface area contributed by atoms with Gasteiger partial charge in [0.1, 0.15) is 0 Å². The molecule has 1 aromatic carbocycles. The summed E-state index contributed by atoms with van der Waals surface area (Å²) in [5, 5.41) is 6.84. The quantitative estimate of drug-likeness (QED) is 0.776. The van der Waals surface area contributed by atoms with Crippen molar-refractivity contribution < 1.29 is 4.79 Å². The fourth-order valence-electron chi connectivity index (χ4n) is 1.91. The number of hydrogen-bond acceptors (Lipinski definition) is 3. The molecular formula is C16H26ClN3O. The molecule has 4 nitrogen and oxygen atoms in total. The van der Waals surface area contributed by atoms with E-state index in [0.29, 0.717) is 24.0 Å². The standard InChI is InChI=1S/C16H26ClN3O/c1-5-18-10-13-6-7-15(14(17)8-13)20(4)11-16(21)19-9-12(2)3/h6-8,12,18H,5,9-11H2,1-4H3,(H,19,21). The summed E-state index contributed by atoms with van der Waals surface area (Å²) >= 11 is 6.31. The van der Waals surface area contributed by atoms with Gasteiger partial charge in [0.15, 0.2) is 0 Å². The molecule has 0 radical (unpaired) electrons. The lowest BCUT2D eigenvalue weighted by Gasteiger charge is -2.21. The van der Waals surface area contributed by atoms with Gasteiger partial charge in [-0.15, -0.1) is 0 Å². The molecule has 0 saturated heterocycles. The summed E-state index contributed by atoms with van der Waals surface area (Å²) in [6, 6.07) is 5.94. The molecule has 0 fully saturated rings. The van der Waals surface area contributed by atoms with E-state index in [2.05, 4.69) is 31.4 Å². The number of anilines is 1. The van der Waals surface area contributed by atoms with Crippen molar-refractivity contribution >= 4 is 23.2 Å². The Bertz CT molecular complexity index is 463. The van der Waals surface area contributed by atoms with Crippen LogP contribution in [0.1, 0.15) is 26.3 Å². The second kappa shape index (κ2) is 8.90. The van der Waals surface area contributed by atoms with Crippen LogP contribution in [0.3, 0.4) is 0 Å². The Morgan fingerprint density at radius 1 is 1.38 bits per heavy atom. The molecule has 2 N–H and O–H groups in total. The molecular weight excluding hydrogens is 286 g/mol. The van der Waals surface area contributed by atoms with Gasteiger partial charge in [0.25, 0.3) is 0 Å². The van der Waals surface area contributed by atoms with Gasteiger partial charge in [-0.3, -0.25) is 4.79 Å². The number of rotatable bonds is 8. The van der Waals surface area contributed by atoms with Gasteiger partial charge in [-0.2, -0.15) is 0 Å². The van der Waals surface area contributed by atoms with Crippen molar-refractivity contribution in [3.05, 3.63) is 28.8 Å². The minimum Gasteiger partial charge on any atom is -0.364 e. The number of carbonyl (C=O) groups excluding carboxylic acids is 1. The predicted molar refractivity (Wildman–Crippen MR) is 90.0 cm³/mol. The van der Waals surface area contributed by atoms with E-state index in [1.165, 1.54) is 0 Å². The Labute approximate surface area is 132 Å². The zero-order chi connectivity index (χ0) is 15.8. The summed E-state index contributed by atoms with van der Waals surface area (Å²) in [4.78, 5) is 13.7. The number of likely N-dealkylation sites (N-methyl/N-ethyl adjacent to an activating group) is 1. The molecule has 0 spiro atoms. The Kier molecular flexibility index (Phi) is 7.54. The highest BCUT2D eigenvalue weighted by molar-refractivity contribution is 6.33. The molecule has 21 heavy (non-hydrogen) atoms. The third-order valence-electron chi connectivity index (χ3n) is 3.09. The first-order valence-corrected chi connectivity index (χ1v) is 7.78. The van der Waals surface area contributed by atoms with Crippen molar-refractivity contribution in [1.29, 1.82) is 0 Å². The topological polar surface area (TPSA) is 44.4 Å². The van der Waals surface area contributed by atoms with E-state index in [4.69, 9.17) is 11.6 Å². The number of hydrogen-bond donors (Lipinski definition) is 2. The van der Waals surface area contributed by atoms with Gasteiger partial charge < -0.3 is 15.5 Å². The van der Waals surface area contributed by atoms with E-state index >= 15 is 0 Å².